The molecule has 0 bridgehead atoms. The number of rotatable bonds is 5. The minimum atomic E-state index is -0.0633. The summed E-state index contributed by atoms with van der Waals surface area (Å²) in [5, 5.41) is 3.26. The molecule has 7 nitrogen and oxygen atoms in total. The van der Waals surface area contributed by atoms with Crippen LogP contribution in [0.3, 0.4) is 0 Å². The second-order valence-corrected chi connectivity index (χ2v) is 6.88. The van der Waals surface area contributed by atoms with Crippen molar-refractivity contribution in [1.29, 1.82) is 0 Å². The predicted octanol–water partition coefficient (Wildman–Crippen LogP) is 0.386. The number of nitrogens with zero attached hydrogens (tertiary/aromatic N) is 4. The first-order valence-electron chi connectivity index (χ1n) is 8.66. The zero-order chi connectivity index (χ0) is 16.9. The average Bonchev–Trinajstić information content (AvgIpc) is 3.02. The van der Waals surface area contributed by atoms with Crippen molar-refractivity contribution in [3.63, 3.8) is 0 Å². The summed E-state index contributed by atoms with van der Waals surface area (Å²) < 4.78 is 5.35. The Labute approximate surface area is 143 Å². The van der Waals surface area contributed by atoms with Gasteiger partial charge in [-0.3, -0.25) is 9.78 Å². The maximum Gasteiger partial charge on any atom is 0.225 e. The first-order valence-corrected chi connectivity index (χ1v) is 8.66. The number of anilines is 1. The van der Waals surface area contributed by atoms with Gasteiger partial charge in [0.1, 0.15) is 5.82 Å². The lowest BCUT2D eigenvalue weighted by molar-refractivity contribution is -0.127. The van der Waals surface area contributed by atoms with Crippen LogP contribution >= 0.6 is 0 Å². The summed E-state index contributed by atoms with van der Waals surface area (Å²) in [6.07, 6.45) is 7.15. The van der Waals surface area contributed by atoms with Crippen molar-refractivity contribution in [1.82, 2.24) is 20.2 Å². The van der Waals surface area contributed by atoms with Gasteiger partial charge in [-0.1, -0.05) is 0 Å². The summed E-state index contributed by atoms with van der Waals surface area (Å²) in [5.74, 6) is 1.10. The van der Waals surface area contributed by atoms with Crippen molar-refractivity contribution in [3.8, 4) is 0 Å². The molecule has 2 aliphatic rings. The van der Waals surface area contributed by atoms with Crippen molar-refractivity contribution in [3.05, 3.63) is 18.6 Å². The lowest BCUT2D eigenvalue weighted by Gasteiger charge is -2.30. The third kappa shape index (κ3) is 4.02. The fourth-order valence-electron chi connectivity index (χ4n) is 3.65. The lowest BCUT2D eigenvalue weighted by Crippen LogP contribution is -2.47. The maximum atomic E-state index is 12.8. The second-order valence-electron chi connectivity index (χ2n) is 6.88. The number of aromatic nitrogens is 2. The van der Waals surface area contributed by atoms with Crippen LogP contribution in [0.25, 0.3) is 0 Å². The lowest BCUT2D eigenvalue weighted by atomic mass is 9.95. The molecule has 132 valence electrons. The number of methoxy groups -OCH3 is 1. The molecule has 2 aliphatic heterocycles. The number of likely N-dealkylation sites (tertiary alicyclic amines) is 1. The summed E-state index contributed by atoms with van der Waals surface area (Å²) >= 11 is 0. The van der Waals surface area contributed by atoms with Gasteiger partial charge >= 0.3 is 0 Å². The molecule has 1 aromatic heterocycles. The van der Waals surface area contributed by atoms with Gasteiger partial charge in [0.2, 0.25) is 5.91 Å². The zero-order valence-electron chi connectivity index (χ0n) is 14.5. The summed E-state index contributed by atoms with van der Waals surface area (Å²) in [4.78, 5) is 25.7. The molecule has 0 spiro atoms. The SMILES string of the molecule is COC[C@@H]1CN(c2cnccn2)C[C@H]1C(=O)NC1CCN(C)CC1. The van der Waals surface area contributed by atoms with Gasteiger partial charge in [-0.15, -0.1) is 0 Å². The van der Waals surface area contributed by atoms with E-state index >= 15 is 0 Å². The van der Waals surface area contributed by atoms with Crippen LogP contribution in [0.2, 0.25) is 0 Å². The van der Waals surface area contributed by atoms with Gasteiger partial charge in [0.25, 0.3) is 0 Å². The Bertz CT molecular complexity index is 533. The highest BCUT2D eigenvalue weighted by Gasteiger charge is 2.39. The predicted molar refractivity (Wildman–Crippen MR) is 91.8 cm³/mol. The van der Waals surface area contributed by atoms with Gasteiger partial charge in [0.05, 0.1) is 18.7 Å². The monoisotopic (exact) mass is 333 g/mol. The summed E-state index contributed by atoms with van der Waals surface area (Å²) in [7, 11) is 3.82. The third-order valence-electron chi connectivity index (χ3n) is 5.10. The molecule has 0 aromatic carbocycles. The van der Waals surface area contributed by atoms with E-state index in [1.807, 2.05) is 0 Å². The van der Waals surface area contributed by atoms with Crippen molar-refractivity contribution in [2.75, 3.05) is 51.8 Å². The van der Waals surface area contributed by atoms with Gasteiger partial charge in [-0.25, -0.2) is 4.98 Å². The summed E-state index contributed by atoms with van der Waals surface area (Å²) in [6, 6.07) is 0.294. The van der Waals surface area contributed by atoms with Gasteiger partial charge in [0, 0.05) is 44.6 Å². The number of hydrogen-bond acceptors (Lipinski definition) is 6. The van der Waals surface area contributed by atoms with Gasteiger partial charge in [0.15, 0.2) is 0 Å². The Morgan fingerprint density at radius 2 is 2.12 bits per heavy atom. The van der Waals surface area contributed by atoms with Crippen molar-refractivity contribution >= 4 is 11.7 Å². The van der Waals surface area contributed by atoms with Crippen LogP contribution in [0.15, 0.2) is 18.6 Å². The van der Waals surface area contributed by atoms with Crippen molar-refractivity contribution in [2.45, 2.75) is 18.9 Å². The van der Waals surface area contributed by atoms with Gasteiger partial charge < -0.3 is 19.9 Å². The minimum absolute atomic E-state index is 0.0633. The molecule has 0 aliphatic carbocycles. The molecule has 2 atom stereocenters. The number of nitrogens with one attached hydrogen (secondary N) is 1. The molecule has 2 fully saturated rings. The number of hydrogen-bond donors (Lipinski definition) is 1. The van der Waals surface area contributed by atoms with E-state index in [9.17, 15) is 4.79 Å². The van der Waals surface area contributed by atoms with Crippen LogP contribution in [0.5, 0.6) is 0 Å². The highest BCUT2D eigenvalue weighted by atomic mass is 16.5. The van der Waals surface area contributed by atoms with Crippen LogP contribution in [0.4, 0.5) is 5.82 Å². The van der Waals surface area contributed by atoms with Crippen molar-refractivity contribution in [2.24, 2.45) is 11.8 Å². The molecule has 2 saturated heterocycles. The van der Waals surface area contributed by atoms with Gasteiger partial charge in [-0.2, -0.15) is 0 Å². The number of amides is 1. The summed E-state index contributed by atoms with van der Waals surface area (Å²) in [5.41, 5.74) is 0. The third-order valence-corrected chi connectivity index (χ3v) is 5.10. The Kier molecular flexibility index (Phi) is 5.63. The highest BCUT2D eigenvalue weighted by Crippen LogP contribution is 2.27. The number of piperidine rings is 1. The molecular formula is C17H27N5O2. The molecule has 0 saturated carbocycles. The van der Waals surface area contributed by atoms with Gasteiger partial charge in [-0.05, 0) is 33.0 Å². The minimum Gasteiger partial charge on any atom is -0.384 e. The molecule has 3 heterocycles. The zero-order valence-corrected chi connectivity index (χ0v) is 14.5. The molecule has 7 heteroatoms. The van der Waals surface area contributed by atoms with Crippen molar-refractivity contribution < 1.29 is 9.53 Å². The van der Waals surface area contributed by atoms with E-state index in [2.05, 4.69) is 32.1 Å². The van der Waals surface area contributed by atoms with Crippen LogP contribution in [-0.2, 0) is 9.53 Å². The maximum absolute atomic E-state index is 12.8. The first kappa shape index (κ1) is 17.1. The Morgan fingerprint density at radius 3 is 2.79 bits per heavy atom. The van der Waals surface area contributed by atoms with E-state index in [4.69, 9.17) is 4.74 Å². The first-order chi connectivity index (χ1) is 11.7. The molecule has 0 unspecified atom stereocenters. The Balaban J connectivity index is 1.62. The highest BCUT2D eigenvalue weighted by molar-refractivity contribution is 5.80. The standard InChI is InChI=1S/C17H27N5O2/c1-21-7-3-14(4-8-21)20-17(23)15-11-22(10-13(15)12-24-2)16-9-18-5-6-19-16/h5-6,9,13-15H,3-4,7-8,10-12H2,1-2H3,(H,20,23)/t13-,15+/m0/s1. The quantitative estimate of drug-likeness (QED) is 0.840. The number of carbonyl (C=O) groups is 1. The molecule has 3 rings (SSSR count). The largest absolute Gasteiger partial charge is 0.384 e. The molecule has 1 N–H and O–H groups in total. The average molecular weight is 333 g/mol. The molecule has 0 radical (unpaired) electrons. The van der Waals surface area contributed by atoms with E-state index in [-0.39, 0.29) is 17.7 Å². The second kappa shape index (κ2) is 7.90. The van der Waals surface area contributed by atoms with E-state index in [1.54, 1.807) is 25.7 Å². The van der Waals surface area contributed by atoms with Crippen LogP contribution in [0.1, 0.15) is 12.8 Å². The van der Waals surface area contributed by atoms with E-state index in [1.165, 1.54) is 0 Å². The smallest absolute Gasteiger partial charge is 0.225 e. The molecular weight excluding hydrogens is 306 g/mol. The Hall–Kier alpha value is -1.73. The van der Waals surface area contributed by atoms with E-state index < -0.39 is 0 Å². The van der Waals surface area contributed by atoms with Crippen LogP contribution in [-0.4, -0.2) is 73.8 Å². The van der Waals surface area contributed by atoms with E-state index in [0.29, 0.717) is 19.2 Å². The normalized spacial score (nSPS) is 25.8. The summed E-state index contributed by atoms with van der Waals surface area (Å²) in [6.45, 7) is 4.12. The van der Waals surface area contributed by atoms with E-state index in [0.717, 1.165) is 38.3 Å². The topological polar surface area (TPSA) is 70.6 Å². The Morgan fingerprint density at radius 1 is 1.33 bits per heavy atom. The fraction of sp³-hybridized carbons (Fsp3) is 0.706. The molecule has 24 heavy (non-hydrogen) atoms. The number of ether oxygens (including phenoxy) is 1. The molecule has 1 aromatic rings. The van der Waals surface area contributed by atoms with Crippen LogP contribution < -0.4 is 10.2 Å². The van der Waals surface area contributed by atoms with Crippen LogP contribution in [0, 0.1) is 11.8 Å². The fourth-order valence-corrected chi connectivity index (χ4v) is 3.65. The molecule has 1 amide bonds. The number of carbonyl (C=O) groups excluding carboxylic acids is 1.